The van der Waals surface area contributed by atoms with Crippen molar-refractivity contribution >= 4 is 21.5 Å². The summed E-state index contributed by atoms with van der Waals surface area (Å²) in [6, 6.07) is 25.2. The SMILES string of the molecule is c1ccc2c(-c3c(OCC4CO4)ccc4ccccc34)c(OCC3CO3)ccc2c1. The first kappa shape index (κ1) is 17.8. The molecule has 2 heterocycles. The van der Waals surface area contributed by atoms with Gasteiger partial charge in [0.25, 0.3) is 0 Å². The molecule has 0 spiro atoms. The van der Waals surface area contributed by atoms with Gasteiger partial charge in [-0.15, -0.1) is 0 Å². The van der Waals surface area contributed by atoms with E-state index in [2.05, 4.69) is 72.8 Å². The minimum absolute atomic E-state index is 0.194. The number of hydrogen-bond donors (Lipinski definition) is 0. The molecular weight excluding hydrogens is 376 g/mol. The number of rotatable bonds is 7. The second kappa shape index (κ2) is 7.31. The summed E-state index contributed by atoms with van der Waals surface area (Å²) in [4.78, 5) is 0. The summed E-state index contributed by atoms with van der Waals surface area (Å²) in [5.74, 6) is 1.71. The quantitative estimate of drug-likeness (QED) is 0.401. The molecule has 0 amide bonds. The van der Waals surface area contributed by atoms with Crippen molar-refractivity contribution in [3.05, 3.63) is 72.8 Å². The molecule has 6 rings (SSSR count). The third kappa shape index (κ3) is 3.38. The highest BCUT2D eigenvalue weighted by atomic mass is 16.6. The molecule has 0 saturated carbocycles. The Bertz CT molecular complexity index is 1130. The molecule has 2 unspecified atom stereocenters. The molecule has 150 valence electrons. The molecule has 2 atom stereocenters. The van der Waals surface area contributed by atoms with Gasteiger partial charge in [-0.05, 0) is 33.7 Å². The van der Waals surface area contributed by atoms with Gasteiger partial charge in [-0.3, -0.25) is 0 Å². The Labute approximate surface area is 174 Å². The van der Waals surface area contributed by atoms with E-state index in [0.29, 0.717) is 13.2 Å². The Kier molecular flexibility index (Phi) is 4.33. The Hall–Kier alpha value is -3.08. The second-order valence-electron chi connectivity index (χ2n) is 7.85. The summed E-state index contributed by atoms with van der Waals surface area (Å²) in [5.41, 5.74) is 2.13. The van der Waals surface area contributed by atoms with Crippen molar-refractivity contribution in [3.63, 3.8) is 0 Å². The van der Waals surface area contributed by atoms with Crippen LogP contribution in [0.25, 0.3) is 32.7 Å². The van der Waals surface area contributed by atoms with E-state index in [1.807, 2.05) is 0 Å². The van der Waals surface area contributed by atoms with Crippen LogP contribution in [0.3, 0.4) is 0 Å². The van der Waals surface area contributed by atoms with Crippen molar-refractivity contribution in [1.29, 1.82) is 0 Å². The minimum atomic E-state index is 0.194. The zero-order valence-corrected chi connectivity index (χ0v) is 16.5. The van der Waals surface area contributed by atoms with Crippen LogP contribution in [-0.2, 0) is 9.47 Å². The van der Waals surface area contributed by atoms with Gasteiger partial charge in [-0.25, -0.2) is 0 Å². The lowest BCUT2D eigenvalue weighted by Gasteiger charge is -2.19. The Morgan fingerprint density at radius 3 is 1.47 bits per heavy atom. The average Bonchev–Trinajstić information content (AvgIpc) is 3.70. The molecule has 0 radical (unpaired) electrons. The van der Waals surface area contributed by atoms with Gasteiger partial charge in [0.15, 0.2) is 0 Å². The Balaban J connectivity index is 1.59. The zero-order chi connectivity index (χ0) is 19.9. The zero-order valence-electron chi connectivity index (χ0n) is 16.5. The van der Waals surface area contributed by atoms with Crippen molar-refractivity contribution in [2.75, 3.05) is 26.4 Å². The van der Waals surface area contributed by atoms with E-state index < -0.39 is 0 Å². The largest absolute Gasteiger partial charge is 0.490 e. The lowest BCUT2D eigenvalue weighted by molar-refractivity contribution is 0.261. The van der Waals surface area contributed by atoms with E-state index >= 15 is 0 Å². The minimum Gasteiger partial charge on any atom is -0.490 e. The smallest absolute Gasteiger partial charge is 0.128 e. The van der Waals surface area contributed by atoms with Gasteiger partial charge in [-0.1, -0.05) is 60.7 Å². The first-order chi connectivity index (χ1) is 14.9. The van der Waals surface area contributed by atoms with Gasteiger partial charge in [0.1, 0.15) is 36.9 Å². The van der Waals surface area contributed by atoms with Gasteiger partial charge >= 0.3 is 0 Å². The van der Waals surface area contributed by atoms with Crippen LogP contribution in [0.5, 0.6) is 11.5 Å². The highest BCUT2D eigenvalue weighted by Gasteiger charge is 2.26. The van der Waals surface area contributed by atoms with Gasteiger partial charge in [-0.2, -0.15) is 0 Å². The van der Waals surface area contributed by atoms with E-state index in [1.54, 1.807) is 0 Å². The van der Waals surface area contributed by atoms with E-state index in [4.69, 9.17) is 18.9 Å². The van der Waals surface area contributed by atoms with E-state index in [1.165, 1.54) is 10.8 Å². The van der Waals surface area contributed by atoms with Crippen molar-refractivity contribution in [3.8, 4) is 22.6 Å². The fourth-order valence-electron chi connectivity index (χ4n) is 3.95. The van der Waals surface area contributed by atoms with Crippen LogP contribution >= 0.6 is 0 Å². The summed E-state index contributed by atoms with van der Waals surface area (Å²) in [5, 5.41) is 4.64. The molecule has 2 aliphatic heterocycles. The van der Waals surface area contributed by atoms with Gasteiger partial charge in [0.05, 0.1) is 13.2 Å². The lowest BCUT2D eigenvalue weighted by atomic mass is 9.92. The fraction of sp³-hybridized carbons (Fsp3) is 0.231. The molecule has 0 aromatic heterocycles. The fourth-order valence-corrected chi connectivity index (χ4v) is 3.95. The Morgan fingerprint density at radius 2 is 1.03 bits per heavy atom. The normalized spacial score (nSPS) is 19.7. The van der Waals surface area contributed by atoms with Crippen molar-refractivity contribution < 1.29 is 18.9 Å². The van der Waals surface area contributed by atoms with Crippen LogP contribution in [0.15, 0.2) is 72.8 Å². The highest BCUT2D eigenvalue weighted by molar-refractivity contribution is 6.09. The van der Waals surface area contributed by atoms with E-state index in [0.717, 1.165) is 46.6 Å². The van der Waals surface area contributed by atoms with Crippen molar-refractivity contribution in [2.45, 2.75) is 12.2 Å². The van der Waals surface area contributed by atoms with Crippen LogP contribution in [-0.4, -0.2) is 38.6 Å². The van der Waals surface area contributed by atoms with Crippen molar-refractivity contribution in [2.24, 2.45) is 0 Å². The molecule has 4 heteroatoms. The van der Waals surface area contributed by atoms with Crippen LogP contribution in [0.2, 0.25) is 0 Å². The lowest BCUT2D eigenvalue weighted by Crippen LogP contribution is -2.07. The summed E-state index contributed by atoms with van der Waals surface area (Å²) in [6.07, 6.45) is 0.388. The number of epoxide rings is 2. The highest BCUT2D eigenvalue weighted by Crippen LogP contribution is 2.45. The van der Waals surface area contributed by atoms with Crippen LogP contribution in [0, 0.1) is 0 Å². The predicted octanol–water partition coefficient (Wildman–Crippen LogP) is 5.22. The van der Waals surface area contributed by atoms with Crippen LogP contribution in [0.4, 0.5) is 0 Å². The summed E-state index contributed by atoms with van der Waals surface area (Å²) >= 11 is 0. The molecule has 4 nitrogen and oxygen atoms in total. The van der Waals surface area contributed by atoms with Gasteiger partial charge < -0.3 is 18.9 Å². The molecule has 2 aliphatic rings. The second-order valence-corrected chi connectivity index (χ2v) is 7.85. The number of fused-ring (bicyclic) bond motifs is 2. The maximum atomic E-state index is 6.26. The molecule has 2 fully saturated rings. The third-order valence-corrected chi connectivity index (χ3v) is 5.69. The molecule has 2 saturated heterocycles. The number of ether oxygens (including phenoxy) is 4. The van der Waals surface area contributed by atoms with Gasteiger partial charge in [0, 0.05) is 11.1 Å². The number of hydrogen-bond acceptors (Lipinski definition) is 4. The summed E-state index contributed by atoms with van der Waals surface area (Å²) in [7, 11) is 0. The van der Waals surface area contributed by atoms with Crippen molar-refractivity contribution in [1.82, 2.24) is 0 Å². The molecule has 4 aromatic rings. The molecule has 0 aliphatic carbocycles. The molecule has 4 aromatic carbocycles. The van der Waals surface area contributed by atoms with Gasteiger partial charge in [0.2, 0.25) is 0 Å². The standard InChI is InChI=1S/C26H22O4/c1-3-7-21-17(5-1)9-11-23(29-15-19-13-27-19)25(21)26-22-8-4-2-6-18(22)10-12-24(26)30-16-20-14-28-20/h1-12,19-20H,13-16H2. The van der Waals surface area contributed by atoms with E-state index in [-0.39, 0.29) is 12.2 Å². The molecular formula is C26H22O4. The molecule has 0 bridgehead atoms. The summed E-state index contributed by atoms with van der Waals surface area (Å²) < 4.78 is 23.3. The maximum absolute atomic E-state index is 6.26. The molecule has 30 heavy (non-hydrogen) atoms. The average molecular weight is 398 g/mol. The summed E-state index contributed by atoms with van der Waals surface area (Å²) in [6.45, 7) is 2.66. The number of benzene rings is 4. The first-order valence-corrected chi connectivity index (χ1v) is 10.4. The van der Waals surface area contributed by atoms with E-state index in [9.17, 15) is 0 Å². The topological polar surface area (TPSA) is 43.5 Å². The monoisotopic (exact) mass is 398 g/mol. The first-order valence-electron chi connectivity index (χ1n) is 10.4. The van der Waals surface area contributed by atoms with Crippen LogP contribution in [0.1, 0.15) is 0 Å². The maximum Gasteiger partial charge on any atom is 0.128 e. The Morgan fingerprint density at radius 1 is 0.600 bits per heavy atom. The predicted molar refractivity (Wildman–Crippen MR) is 117 cm³/mol. The van der Waals surface area contributed by atoms with Crippen LogP contribution < -0.4 is 9.47 Å². The third-order valence-electron chi connectivity index (χ3n) is 5.69. The molecule has 0 N–H and O–H groups in total.